The summed E-state index contributed by atoms with van der Waals surface area (Å²) >= 11 is 0. The Morgan fingerprint density at radius 2 is 1.70 bits per heavy atom. The molecule has 0 aliphatic heterocycles. The normalized spacial score (nSPS) is 14.3. The second-order valence-corrected chi connectivity index (χ2v) is 8.24. The van der Waals surface area contributed by atoms with Gasteiger partial charge in [-0.2, -0.15) is 0 Å². The molecule has 0 aliphatic rings. The Morgan fingerprint density at radius 3 is 2.30 bits per heavy atom. The zero-order valence-corrected chi connectivity index (χ0v) is 16.5. The summed E-state index contributed by atoms with van der Waals surface area (Å²) in [6.45, 7) is 0.118. The molecule has 0 amide bonds. The summed E-state index contributed by atoms with van der Waals surface area (Å²) in [5.74, 6) is -0.307. The number of hydrogen-bond acceptors (Lipinski definition) is 5. The lowest BCUT2D eigenvalue weighted by Crippen LogP contribution is -2.36. The fraction of sp³-hybridized carbons (Fsp3) is 0.350. The van der Waals surface area contributed by atoms with Crippen molar-refractivity contribution < 1.29 is 23.5 Å². The number of benzene rings is 2. The Hall–Kier alpha value is -1.98. The third kappa shape index (κ3) is 7.27. The molecule has 0 saturated carbocycles. The lowest BCUT2D eigenvalue weighted by Gasteiger charge is -2.14. The van der Waals surface area contributed by atoms with Crippen molar-refractivity contribution in [2.75, 3.05) is 20.3 Å². The first-order chi connectivity index (χ1) is 12.9. The first-order valence-electron chi connectivity index (χ1n) is 8.76. The van der Waals surface area contributed by atoms with E-state index in [4.69, 9.17) is 9.26 Å². The Bertz CT molecular complexity index is 764. The molecule has 2 unspecified atom stereocenters. The van der Waals surface area contributed by atoms with Gasteiger partial charge in [0.25, 0.3) is 0 Å². The monoisotopic (exact) mass is 391 g/mol. The highest BCUT2D eigenvalue weighted by atomic mass is 31.2. The van der Waals surface area contributed by atoms with E-state index in [0.29, 0.717) is 12.8 Å². The maximum atomic E-state index is 12.2. The Kier molecular flexibility index (Phi) is 8.20. The number of esters is 1. The van der Waals surface area contributed by atoms with E-state index in [-0.39, 0.29) is 18.7 Å². The standard InChI is InChI=1S/C20H26NO5P/c1-21-19(20(22)25-2)14-17-10-8-16(9-11-17)12-13-27(23,24)26-15-18-6-4-3-5-7-18/h3-11,19,21H,12-15H2,1-2H3,(H,23,24). The van der Waals surface area contributed by atoms with Crippen LogP contribution in [0.15, 0.2) is 54.6 Å². The molecule has 7 heteroatoms. The number of likely N-dealkylation sites (N-methyl/N-ethyl adjacent to an activating group) is 1. The first kappa shape index (κ1) is 21.3. The van der Waals surface area contributed by atoms with Gasteiger partial charge in [0.15, 0.2) is 0 Å². The molecule has 2 N–H and O–H groups in total. The quantitative estimate of drug-likeness (QED) is 0.479. The fourth-order valence-corrected chi connectivity index (χ4v) is 3.63. The van der Waals surface area contributed by atoms with Gasteiger partial charge in [-0.25, -0.2) is 0 Å². The topological polar surface area (TPSA) is 84.9 Å². The summed E-state index contributed by atoms with van der Waals surface area (Å²) < 4.78 is 22.2. The van der Waals surface area contributed by atoms with Crippen LogP contribution in [-0.4, -0.2) is 37.2 Å². The number of nitrogens with one attached hydrogen (secondary N) is 1. The molecule has 2 rings (SSSR count). The van der Waals surface area contributed by atoms with Crippen molar-refractivity contribution in [3.8, 4) is 0 Å². The smallest absolute Gasteiger partial charge is 0.328 e. The van der Waals surface area contributed by atoms with E-state index >= 15 is 0 Å². The van der Waals surface area contributed by atoms with Crippen LogP contribution in [0.25, 0.3) is 0 Å². The minimum absolute atomic E-state index is 0.0560. The summed E-state index contributed by atoms with van der Waals surface area (Å²) in [5, 5.41) is 2.93. The average molecular weight is 391 g/mol. The number of rotatable bonds is 10. The van der Waals surface area contributed by atoms with Gasteiger partial charge in [0.1, 0.15) is 6.04 Å². The lowest BCUT2D eigenvalue weighted by atomic mass is 10.0. The van der Waals surface area contributed by atoms with E-state index < -0.39 is 13.6 Å². The van der Waals surface area contributed by atoms with E-state index in [1.165, 1.54) is 7.11 Å². The van der Waals surface area contributed by atoms with E-state index in [1.807, 2.05) is 54.6 Å². The van der Waals surface area contributed by atoms with Crippen LogP contribution in [0.4, 0.5) is 0 Å². The molecule has 0 heterocycles. The number of aryl methyl sites for hydroxylation is 1. The highest BCUT2D eigenvalue weighted by Crippen LogP contribution is 2.43. The van der Waals surface area contributed by atoms with Gasteiger partial charge in [-0.1, -0.05) is 54.6 Å². The maximum Gasteiger partial charge on any atom is 0.328 e. The maximum absolute atomic E-state index is 12.2. The molecule has 2 atom stereocenters. The minimum Gasteiger partial charge on any atom is -0.468 e. The predicted molar refractivity (Wildman–Crippen MR) is 105 cm³/mol. The van der Waals surface area contributed by atoms with Crippen LogP contribution in [0.5, 0.6) is 0 Å². The second kappa shape index (κ2) is 10.4. The molecule has 0 fully saturated rings. The SMILES string of the molecule is CNC(Cc1ccc(CCP(=O)(O)OCc2ccccc2)cc1)C(=O)OC. The van der Waals surface area contributed by atoms with Crippen molar-refractivity contribution in [3.05, 3.63) is 71.3 Å². The zero-order valence-electron chi connectivity index (χ0n) is 15.6. The minimum atomic E-state index is -3.65. The molecule has 146 valence electrons. The number of methoxy groups -OCH3 is 1. The molecule has 0 radical (unpaired) electrons. The number of hydrogen-bond donors (Lipinski definition) is 2. The van der Waals surface area contributed by atoms with Crippen LogP contribution in [0.1, 0.15) is 16.7 Å². The van der Waals surface area contributed by atoms with Gasteiger partial charge in [-0.05, 0) is 36.6 Å². The van der Waals surface area contributed by atoms with Gasteiger partial charge in [-0.3, -0.25) is 9.36 Å². The van der Waals surface area contributed by atoms with Crippen molar-refractivity contribution >= 4 is 13.6 Å². The third-order valence-corrected chi connectivity index (χ3v) is 5.58. The lowest BCUT2D eigenvalue weighted by molar-refractivity contribution is -0.142. The molecular formula is C20H26NO5P. The molecule has 0 saturated heterocycles. The molecule has 0 aliphatic carbocycles. The zero-order chi connectivity index (χ0) is 19.7. The molecule has 6 nitrogen and oxygen atoms in total. The summed E-state index contributed by atoms with van der Waals surface area (Å²) in [5.41, 5.74) is 2.78. The van der Waals surface area contributed by atoms with Crippen molar-refractivity contribution in [2.45, 2.75) is 25.5 Å². The molecule has 0 spiro atoms. The van der Waals surface area contributed by atoms with Crippen LogP contribution in [0.3, 0.4) is 0 Å². The van der Waals surface area contributed by atoms with Gasteiger partial charge >= 0.3 is 13.6 Å². The molecular weight excluding hydrogens is 365 g/mol. The van der Waals surface area contributed by atoms with Crippen molar-refractivity contribution in [2.24, 2.45) is 0 Å². The summed E-state index contributed by atoms with van der Waals surface area (Å²) in [4.78, 5) is 21.6. The molecule has 2 aromatic rings. The fourth-order valence-electron chi connectivity index (χ4n) is 2.61. The first-order valence-corrected chi connectivity index (χ1v) is 10.5. The van der Waals surface area contributed by atoms with Crippen LogP contribution in [0.2, 0.25) is 0 Å². The van der Waals surface area contributed by atoms with Gasteiger partial charge in [-0.15, -0.1) is 0 Å². The van der Waals surface area contributed by atoms with Crippen molar-refractivity contribution in [3.63, 3.8) is 0 Å². The highest BCUT2D eigenvalue weighted by molar-refractivity contribution is 7.52. The number of ether oxygens (including phenoxy) is 1. The molecule has 0 bridgehead atoms. The summed E-state index contributed by atoms with van der Waals surface area (Å²) in [6.07, 6.45) is 1.01. The summed E-state index contributed by atoms with van der Waals surface area (Å²) in [7, 11) is -0.575. The van der Waals surface area contributed by atoms with Crippen molar-refractivity contribution in [1.82, 2.24) is 5.32 Å². The van der Waals surface area contributed by atoms with Crippen LogP contribution < -0.4 is 5.32 Å². The van der Waals surface area contributed by atoms with Crippen LogP contribution >= 0.6 is 7.60 Å². The average Bonchev–Trinajstić information content (AvgIpc) is 2.70. The van der Waals surface area contributed by atoms with Crippen LogP contribution in [0, 0.1) is 0 Å². The highest BCUT2D eigenvalue weighted by Gasteiger charge is 2.20. The Labute approximate surface area is 160 Å². The number of carbonyl (C=O) groups is 1. The van der Waals surface area contributed by atoms with E-state index in [2.05, 4.69) is 5.32 Å². The number of carbonyl (C=O) groups excluding carboxylic acids is 1. The van der Waals surface area contributed by atoms with Crippen molar-refractivity contribution in [1.29, 1.82) is 0 Å². The Balaban J connectivity index is 1.84. The predicted octanol–water partition coefficient (Wildman–Crippen LogP) is 2.93. The molecule has 0 aromatic heterocycles. The van der Waals surface area contributed by atoms with Gasteiger partial charge in [0.05, 0.1) is 19.9 Å². The van der Waals surface area contributed by atoms with Gasteiger partial charge < -0.3 is 19.5 Å². The van der Waals surface area contributed by atoms with E-state index in [9.17, 15) is 14.3 Å². The van der Waals surface area contributed by atoms with E-state index in [1.54, 1.807) is 7.05 Å². The Morgan fingerprint density at radius 1 is 1.07 bits per heavy atom. The van der Waals surface area contributed by atoms with Gasteiger partial charge in [0.2, 0.25) is 0 Å². The summed E-state index contributed by atoms with van der Waals surface area (Å²) in [6, 6.07) is 16.5. The molecule has 27 heavy (non-hydrogen) atoms. The van der Waals surface area contributed by atoms with Gasteiger partial charge in [0, 0.05) is 0 Å². The van der Waals surface area contributed by atoms with E-state index in [0.717, 1.165) is 16.7 Å². The molecule has 2 aromatic carbocycles. The third-order valence-electron chi connectivity index (χ3n) is 4.26. The second-order valence-electron chi connectivity index (χ2n) is 6.26. The van der Waals surface area contributed by atoms with Crippen LogP contribution in [-0.2, 0) is 38.1 Å². The largest absolute Gasteiger partial charge is 0.468 e.